The van der Waals surface area contributed by atoms with Crippen molar-refractivity contribution < 1.29 is 27.0 Å². The number of hydrogen-bond acceptors (Lipinski definition) is 6. The number of hydrogen-bond donors (Lipinski definition) is 0. The predicted octanol–water partition coefficient (Wildman–Crippen LogP) is 3.63. The first-order valence-electron chi connectivity index (χ1n) is 6.48. The molecule has 9 heteroatoms. The van der Waals surface area contributed by atoms with Gasteiger partial charge < -0.3 is 13.8 Å². The van der Waals surface area contributed by atoms with Crippen LogP contribution in [0.4, 0.5) is 13.2 Å². The third-order valence-corrected chi connectivity index (χ3v) is 2.87. The molecular formula is C14H10F3N3O3. The topological polar surface area (TPSA) is 74.2 Å². The second kappa shape index (κ2) is 5.75. The van der Waals surface area contributed by atoms with Gasteiger partial charge in [0.15, 0.2) is 0 Å². The van der Waals surface area contributed by atoms with E-state index in [9.17, 15) is 13.2 Å². The number of aryl methyl sites for hydroxylation is 1. The van der Waals surface area contributed by atoms with Gasteiger partial charge in [0.25, 0.3) is 5.88 Å². The van der Waals surface area contributed by atoms with Crippen molar-refractivity contribution >= 4 is 0 Å². The van der Waals surface area contributed by atoms with Crippen LogP contribution in [0.15, 0.2) is 39.4 Å². The number of alkyl halides is 3. The van der Waals surface area contributed by atoms with Crippen LogP contribution in [0.3, 0.4) is 0 Å². The molecule has 0 aliphatic heterocycles. The Morgan fingerprint density at radius 2 is 1.83 bits per heavy atom. The minimum absolute atomic E-state index is 0.128. The number of benzene rings is 1. The first kappa shape index (κ1) is 15.1. The van der Waals surface area contributed by atoms with Gasteiger partial charge in [0.05, 0.1) is 0 Å². The van der Waals surface area contributed by atoms with Crippen molar-refractivity contribution in [1.82, 2.24) is 15.3 Å². The normalized spacial score (nSPS) is 11.7. The molecule has 0 spiro atoms. The van der Waals surface area contributed by atoms with Gasteiger partial charge in [0.2, 0.25) is 5.82 Å². The van der Waals surface area contributed by atoms with E-state index in [4.69, 9.17) is 9.26 Å². The molecule has 3 aromatic rings. The van der Waals surface area contributed by atoms with E-state index in [1.807, 2.05) is 0 Å². The standard InChI is InChI=1S/C14H10F3N3O3/c1-8-6-11(19-22-8)21-7-9-2-4-10(5-3-9)12-18-13(23-20-12)14(15,16)17/h2-6H,7H2,1H3. The summed E-state index contributed by atoms with van der Waals surface area (Å²) in [5.74, 6) is -0.509. The molecule has 0 amide bonds. The summed E-state index contributed by atoms with van der Waals surface area (Å²) >= 11 is 0. The number of aromatic nitrogens is 3. The molecule has 2 aromatic heterocycles. The summed E-state index contributed by atoms with van der Waals surface area (Å²) in [4.78, 5) is 3.32. The van der Waals surface area contributed by atoms with Crippen molar-refractivity contribution in [3.8, 4) is 17.3 Å². The van der Waals surface area contributed by atoms with E-state index in [0.717, 1.165) is 5.56 Å². The summed E-state index contributed by atoms with van der Waals surface area (Å²) in [5.41, 5.74) is 1.21. The molecule has 23 heavy (non-hydrogen) atoms. The molecule has 3 rings (SSSR count). The van der Waals surface area contributed by atoms with E-state index in [1.54, 1.807) is 37.3 Å². The minimum Gasteiger partial charge on any atom is -0.471 e. The molecule has 1 aromatic carbocycles. The van der Waals surface area contributed by atoms with Gasteiger partial charge in [-0.1, -0.05) is 29.4 Å². The first-order chi connectivity index (χ1) is 10.9. The van der Waals surface area contributed by atoms with E-state index in [2.05, 4.69) is 19.8 Å². The molecule has 0 saturated heterocycles. The highest BCUT2D eigenvalue weighted by atomic mass is 19.4. The number of rotatable bonds is 4. The predicted molar refractivity (Wildman–Crippen MR) is 70.3 cm³/mol. The minimum atomic E-state index is -4.66. The molecule has 6 nitrogen and oxygen atoms in total. The molecule has 0 fully saturated rings. The summed E-state index contributed by atoms with van der Waals surface area (Å²) in [6.45, 7) is 1.99. The molecule has 0 bridgehead atoms. The van der Waals surface area contributed by atoms with Gasteiger partial charge in [-0.3, -0.25) is 0 Å². The largest absolute Gasteiger partial charge is 0.471 e. The maximum Gasteiger partial charge on any atom is 0.471 e. The number of ether oxygens (including phenoxy) is 1. The summed E-state index contributed by atoms with van der Waals surface area (Å²) in [6.07, 6.45) is -4.66. The zero-order valence-corrected chi connectivity index (χ0v) is 11.8. The Morgan fingerprint density at radius 1 is 1.09 bits per heavy atom. The zero-order chi connectivity index (χ0) is 16.4. The van der Waals surface area contributed by atoms with Crippen molar-refractivity contribution in [3.05, 3.63) is 47.5 Å². The quantitative estimate of drug-likeness (QED) is 0.729. The Morgan fingerprint density at radius 3 is 2.39 bits per heavy atom. The summed E-state index contributed by atoms with van der Waals surface area (Å²) < 4.78 is 51.7. The van der Waals surface area contributed by atoms with Crippen LogP contribution in [0.25, 0.3) is 11.4 Å². The van der Waals surface area contributed by atoms with E-state index in [0.29, 0.717) is 17.2 Å². The lowest BCUT2D eigenvalue weighted by atomic mass is 10.1. The van der Waals surface area contributed by atoms with Gasteiger partial charge >= 0.3 is 12.1 Å². The Balaban J connectivity index is 1.68. The third-order valence-electron chi connectivity index (χ3n) is 2.87. The molecule has 0 N–H and O–H groups in total. The fourth-order valence-electron chi connectivity index (χ4n) is 1.77. The van der Waals surface area contributed by atoms with Crippen molar-refractivity contribution in [2.75, 3.05) is 0 Å². The first-order valence-corrected chi connectivity index (χ1v) is 6.48. The van der Waals surface area contributed by atoms with Gasteiger partial charge in [-0.15, -0.1) is 0 Å². The fourth-order valence-corrected chi connectivity index (χ4v) is 1.77. The lowest BCUT2D eigenvalue weighted by Crippen LogP contribution is -2.04. The van der Waals surface area contributed by atoms with Crippen molar-refractivity contribution in [2.45, 2.75) is 19.7 Å². The fraction of sp³-hybridized carbons (Fsp3) is 0.214. The maximum absolute atomic E-state index is 12.4. The van der Waals surface area contributed by atoms with Crippen molar-refractivity contribution in [3.63, 3.8) is 0 Å². The highest BCUT2D eigenvalue weighted by Gasteiger charge is 2.38. The van der Waals surface area contributed by atoms with Crippen LogP contribution in [-0.4, -0.2) is 15.3 Å². The van der Waals surface area contributed by atoms with Crippen LogP contribution in [-0.2, 0) is 12.8 Å². The van der Waals surface area contributed by atoms with Crippen LogP contribution >= 0.6 is 0 Å². The number of halogens is 3. The molecular weight excluding hydrogens is 315 g/mol. The average molecular weight is 325 g/mol. The van der Waals surface area contributed by atoms with Gasteiger partial charge in [-0.05, 0) is 17.6 Å². The average Bonchev–Trinajstić information content (AvgIpc) is 3.14. The highest BCUT2D eigenvalue weighted by Crippen LogP contribution is 2.29. The van der Waals surface area contributed by atoms with Crippen LogP contribution in [0.2, 0.25) is 0 Å². The van der Waals surface area contributed by atoms with Gasteiger partial charge in [0.1, 0.15) is 12.4 Å². The zero-order valence-electron chi connectivity index (χ0n) is 11.8. The summed E-state index contributed by atoms with van der Waals surface area (Å²) in [7, 11) is 0. The highest BCUT2D eigenvalue weighted by molar-refractivity contribution is 5.54. The van der Waals surface area contributed by atoms with Crippen LogP contribution in [0, 0.1) is 6.92 Å². The molecule has 0 aliphatic rings. The molecule has 0 unspecified atom stereocenters. The van der Waals surface area contributed by atoms with E-state index in [-0.39, 0.29) is 12.4 Å². The second-order valence-electron chi connectivity index (χ2n) is 4.68. The Hall–Kier alpha value is -2.84. The summed E-state index contributed by atoms with van der Waals surface area (Å²) in [5, 5.41) is 7.00. The Bertz CT molecular complexity index is 793. The monoisotopic (exact) mass is 325 g/mol. The maximum atomic E-state index is 12.4. The molecule has 120 valence electrons. The van der Waals surface area contributed by atoms with E-state index < -0.39 is 12.1 Å². The van der Waals surface area contributed by atoms with Crippen molar-refractivity contribution in [1.29, 1.82) is 0 Å². The molecule has 0 aliphatic carbocycles. The van der Waals surface area contributed by atoms with E-state index in [1.165, 1.54) is 0 Å². The third kappa shape index (κ3) is 3.50. The molecule has 2 heterocycles. The van der Waals surface area contributed by atoms with Crippen LogP contribution in [0.5, 0.6) is 5.88 Å². The van der Waals surface area contributed by atoms with Gasteiger partial charge in [-0.2, -0.15) is 18.2 Å². The van der Waals surface area contributed by atoms with E-state index >= 15 is 0 Å². The van der Waals surface area contributed by atoms with Gasteiger partial charge in [0, 0.05) is 11.6 Å². The van der Waals surface area contributed by atoms with Crippen molar-refractivity contribution in [2.24, 2.45) is 0 Å². The molecule has 0 radical (unpaired) electrons. The number of nitrogens with zero attached hydrogens (tertiary/aromatic N) is 3. The SMILES string of the molecule is Cc1cc(OCc2ccc(-c3noc(C(F)(F)F)n3)cc2)no1. The second-order valence-corrected chi connectivity index (χ2v) is 4.68. The Kier molecular flexibility index (Phi) is 3.77. The lowest BCUT2D eigenvalue weighted by Gasteiger charge is -2.02. The smallest absolute Gasteiger partial charge is 0.471 e. The van der Waals surface area contributed by atoms with Gasteiger partial charge in [-0.25, -0.2) is 0 Å². The molecule has 0 atom stereocenters. The summed E-state index contributed by atoms with van der Waals surface area (Å²) in [6, 6.07) is 8.18. The molecule has 0 saturated carbocycles. The van der Waals surface area contributed by atoms with Crippen LogP contribution < -0.4 is 4.74 Å². The van der Waals surface area contributed by atoms with Crippen LogP contribution in [0.1, 0.15) is 17.2 Å². The Labute approximate surface area is 127 Å². The lowest BCUT2D eigenvalue weighted by molar-refractivity contribution is -0.159.